The summed E-state index contributed by atoms with van der Waals surface area (Å²) in [5, 5.41) is 12.8. The number of nitrogens with one attached hydrogen (secondary N) is 1. The first-order valence-corrected chi connectivity index (χ1v) is 9.62. The average Bonchev–Trinajstić information content (AvgIpc) is 2.76. The number of hydrogen-bond donors (Lipinski definition) is 1. The van der Waals surface area contributed by atoms with Gasteiger partial charge in [-0.3, -0.25) is 10.1 Å². The van der Waals surface area contributed by atoms with E-state index in [-0.39, 0.29) is 6.42 Å². The number of carbonyl (C=O) groups is 1. The molecule has 146 valence electrons. The summed E-state index contributed by atoms with van der Waals surface area (Å²) in [6, 6.07) is 32.6. The Bertz CT molecular complexity index is 854. The Hall–Kier alpha value is -3.42. The minimum atomic E-state index is -0.655. The maximum absolute atomic E-state index is 11.5. The van der Waals surface area contributed by atoms with Crippen LogP contribution in [0.3, 0.4) is 0 Å². The molecule has 0 aliphatic rings. The minimum absolute atomic E-state index is 0.126. The molecule has 0 amide bonds. The lowest BCUT2D eigenvalue weighted by Gasteiger charge is -2.38. The molecule has 1 atom stereocenters. The van der Waals surface area contributed by atoms with Crippen molar-refractivity contribution in [1.29, 1.82) is 5.26 Å². The summed E-state index contributed by atoms with van der Waals surface area (Å²) in [6.45, 7) is 1.70. The number of ether oxygens (including phenoxy) is 1. The van der Waals surface area contributed by atoms with Gasteiger partial charge < -0.3 is 4.74 Å². The molecule has 0 aliphatic heterocycles. The average molecular weight is 384 g/mol. The predicted molar refractivity (Wildman–Crippen MR) is 113 cm³/mol. The van der Waals surface area contributed by atoms with Gasteiger partial charge in [0.05, 0.1) is 18.0 Å². The SMILES string of the molecule is CC(=O)O[C@@H](CC#N)CNC(c1ccccc1)(c1ccccc1)c1ccccc1. The molecule has 0 aromatic heterocycles. The van der Waals surface area contributed by atoms with E-state index in [1.807, 2.05) is 54.6 Å². The van der Waals surface area contributed by atoms with E-state index in [1.165, 1.54) is 6.92 Å². The van der Waals surface area contributed by atoms with Crippen molar-refractivity contribution in [2.45, 2.75) is 25.0 Å². The number of hydrogen-bond acceptors (Lipinski definition) is 4. The number of rotatable bonds is 8. The molecule has 0 fully saturated rings. The Morgan fingerprint density at radius 2 is 1.31 bits per heavy atom. The molecule has 0 radical (unpaired) electrons. The van der Waals surface area contributed by atoms with Crippen LogP contribution in [-0.4, -0.2) is 18.6 Å². The lowest BCUT2D eigenvalue weighted by Crippen LogP contribution is -2.48. The lowest BCUT2D eigenvalue weighted by molar-refractivity contribution is -0.146. The number of nitriles is 1. The van der Waals surface area contributed by atoms with E-state index < -0.39 is 17.6 Å². The van der Waals surface area contributed by atoms with Gasteiger partial charge in [-0.2, -0.15) is 5.26 Å². The summed E-state index contributed by atoms with van der Waals surface area (Å²) < 4.78 is 5.37. The topological polar surface area (TPSA) is 62.1 Å². The van der Waals surface area contributed by atoms with Crippen LogP contribution < -0.4 is 5.32 Å². The third-order valence-electron chi connectivity index (χ3n) is 4.87. The molecular formula is C25H24N2O2. The molecule has 0 aliphatic carbocycles. The second-order valence-corrected chi connectivity index (χ2v) is 6.82. The van der Waals surface area contributed by atoms with Crippen LogP contribution in [0.25, 0.3) is 0 Å². The molecule has 0 unspecified atom stereocenters. The summed E-state index contributed by atoms with van der Waals surface area (Å²) in [6.07, 6.45) is -0.408. The Morgan fingerprint density at radius 1 is 0.897 bits per heavy atom. The first-order valence-electron chi connectivity index (χ1n) is 9.62. The van der Waals surface area contributed by atoms with Crippen LogP contribution in [0.15, 0.2) is 91.0 Å². The molecule has 0 bridgehead atoms. The van der Waals surface area contributed by atoms with Gasteiger partial charge in [0.15, 0.2) is 0 Å². The quantitative estimate of drug-likeness (QED) is 0.461. The van der Waals surface area contributed by atoms with Crippen LogP contribution in [0, 0.1) is 11.3 Å². The van der Waals surface area contributed by atoms with Gasteiger partial charge in [-0.1, -0.05) is 91.0 Å². The summed E-state index contributed by atoms with van der Waals surface area (Å²) in [4.78, 5) is 11.5. The van der Waals surface area contributed by atoms with Gasteiger partial charge in [0.2, 0.25) is 0 Å². The van der Waals surface area contributed by atoms with Gasteiger partial charge >= 0.3 is 5.97 Å². The summed E-state index contributed by atoms with van der Waals surface area (Å²) in [7, 11) is 0. The van der Waals surface area contributed by atoms with E-state index in [4.69, 9.17) is 10.00 Å². The second kappa shape index (κ2) is 9.68. The van der Waals surface area contributed by atoms with Gasteiger partial charge in [0, 0.05) is 13.5 Å². The molecule has 3 aromatic rings. The molecule has 3 rings (SSSR count). The fourth-order valence-electron chi connectivity index (χ4n) is 3.63. The molecule has 0 saturated heterocycles. The normalized spacial score (nSPS) is 12.0. The van der Waals surface area contributed by atoms with Crippen molar-refractivity contribution >= 4 is 5.97 Å². The predicted octanol–water partition coefficient (Wildman–Crippen LogP) is 4.41. The van der Waals surface area contributed by atoms with E-state index >= 15 is 0 Å². The van der Waals surface area contributed by atoms with Crippen LogP contribution in [0.5, 0.6) is 0 Å². The third kappa shape index (κ3) is 4.71. The molecule has 29 heavy (non-hydrogen) atoms. The summed E-state index contributed by atoms with van der Waals surface area (Å²) in [5.41, 5.74) is 2.54. The van der Waals surface area contributed by atoms with Crippen molar-refractivity contribution < 1.29 is 9.53 Å². The van der Waals surface area contributed by atoms with E-state index in [9.17, 15) is 4.79 Å². The van der Waals surface area contributed by atoms with E-state index in [0.29, 0.717) is 6.54 Å². The molecule has 0 spiro atoms. The molecule has 0 heterocycles. The highest BCUT2D eigenvalue weighted by Gasteiger charge is 2.36. The van der Waals surface area contributed by atoms with E-state index in [2.05, 4.69) is 47.8 Å². The van der Waals surface area contributed by atoms with E-state index in [0.717, 1.165) is 16.7 Å². The second-order valence-electron chi connectivity index (χ2n) is 6.82. The van der Waals surface area contributed by atoms with Crippen molar-refractivity contribution in [3.8, 4) is 6.07 Å². The van der Waals surface area contributed by atoms with Crippen LogP contribution in [0.1, 0.15) is 30.0 Å². The summed E-state index contributed by atoms with van der Waals surface area (Å²) >= 11 is 0. The maximum Gasteiger partial charge on any atom is 0.302 e. The molecule has 4 nitrogen and oxygen atoms in total. The van der Waals surface area contributed by atoms with Crippen LogP contribution in [0.4, 0.5) is 0 Å². The number of nitrogens with zero attached hydrogens (tertiary/aromatic N) is 1. The van der Waals surface area contributed by atoms with Crippen LogP contribution in [0.2, 0.25) is 0 Å². The molecule has 4 heteroatoms. The van der Waals surface area contributed by atoms with Gasteiger partial charge in [-0.15, -0.1) is 0 Å². The number of carbonyl (C=O) groups excluding carboxylic acids is 1. The number of benzene rings is 3. The molecule has 1 N–H and O–H groups in total. The van der Waals surface area contributed by atoms with Crippen molar-refractivity contribution in [2.24, 2.45) is 0 Å². The van der Waals surface area contributed by atoms with Gasteiger partial charge in [0.25, 0.3) is 0 Å². The monoisotopic (exact) mass is 384 g/mol. The molecule has 0 saturated carbocycles. The number of esters is 1. The van der Waals surface area contributed by atoms with Gasteiger partial charge in [-0.25, -0.2) is 0 Å². The van der Waals surface area contributed by atoms with Crippen molar-refractivity contribution in [1.82, 2.24) is 5.32 Å². The molecule has 3 aromatic carbocycles. The molecular weight excluding hydrogens is 360 g/mol. The Labute approximate surface area is 171 Å². The van der Waals surface area contributed by atoms with Gasteiger partial charge in [0.1, 0.15) is 6.10 Å². The van der Waals surface area contributed by atoms with Crippen LogP contribution in [-0.2, 0) is 15.1 Å². The highest BCUT2D eigenvalue weighted by molar-refractivity contribution is 5.66. The standard InChI is InChI=1S/C25H24N2O2/c1-20(28)29-24(17-18-26)19-27-25(21-11-5-2-6-12-21,22-13-7-3-8-14-22)23-15-9-4-10-16-23/h2-16,24,27H,17,19H2,1H3/t24-/m0/s1. The zero-order valence-electron chi connectivity index (χ0n) is 16.4. The fraction of sp³-hybridized carbons (Fsp3) is 0.200. The first kappa shape index (κ1) is 20.3. The minimum Gasteiger partial charge on any atom is -0.460 e. The zero-order valence-corrected chi connectivity index (χ0v) is 16.4. The fourth-order valence-corrected chi connectivity index (χ4v) is 3.63. The smallest absolute Gasteiger partial charge is 0.302 e. The third-order valence-corrected chi connectivity index (χ3v) is 4.87. The van der Waals surface area contributed by atoms with Crippen molar-refractivity contribution in [3.63, 3.8) is 0 Å². The van der Waals surface area contributed by atoms with Crippen molar-refractivity contribution in [3.05, 3.63) is 108 Å². The Kier molecular flexibility index (Phi) is 6.78. The highest BCUT2D eigenvalue weighted by atomic mass is 16.5. The largest absolute Gasteiger partial charge is 0.460 e. The maximum atomic E-state index is 11.5. The summed E-state index contributed by atoms with van der Waals surface area (Å²) in [5.74, 6) is -0.392. The highest BCUT2D eigenvalue weighted by Crippen LogP contribution is 2.36. The lowest BCUT2D eigenvalue weighted by atomic mass is 9.77. The zero-order chi connectivity index (χ0) is 20.5. The van der Waals surface area contributed by atoms with Crippen molar-refractivity contribution in [2.75, 3.05) is 6.54 Å². The van der Waals surface area contributed by atoms with Gasteiger partial charge in [-0.05, 0) is 16.7 Å². The Balaban J connectivity index is 2.12. The first-order chi connectivity index (χ1) is 14.2. The Morgan fingerprint density at radius 3 is 1.66 bits per heavy atom. The van der Waals surface area contributed by atoms with Crippen LogP contribution >= 0.6 is 0 Å². The van der Waals surface area contributed by atoms with E-state index in [1.54, 1.807) is 0 Å².